The van der Waals surface area contributed by atoms with Gasteiger partial charge in [-0.2, -0.15) is 0 Å². The maximum atomic E-state index is 14.8. The summed E-state index contributed by atoms with van der Waals surface area (Å²) in [6.45, 7) is 7.66. The lowest BCUT2D eigenvalue weighted by molar-refractivity contribution is -0.139. The maximum absolute atomic E-state index is 14.8. The molecule has 1 unspecified atom stereocenters. The second kappa shape index (κ2) is 7.04. The minimum atomic E-state index is -0.898. The van der Waals surface area contributed by atoms with Crippen LogP contribution in [0.4, 0.5) is 9.18 Å². The molecule has 152 valence electrons. The summed E-state index contributed by atoms with van der Waals surface area (Å²) in [7, 11) is 0. The van der Waals surface area contributed by atoms with Crippen LogP contribution >= 0.6 is 0 Å². The predicted octanol–water partition coefficient (Wildman–Crippen LogP) is 4.10. The van der Waals surface area contributed by atoms with Crippen molar-refractivity contribution < 1.29 is 23.8 Å². The van der Waals surface area contributed by atoms with Crippen LogP contribution in [-0.2, 0) is 16.0 Å². The first-order valence-corrected chi connectivity index (χ1v) is 9.83. The summed E-state index contributed by atoms with van der Waals surface area (Å²) in [6.07, 6.45) is 0.611. The Morgan fingerprint density at radius 3 is 2.86 bits per heavy atom. The molecule has 2 atom stereocenters. The number of halogens is 1. The van der Waals surface area contributed by atoms with E-state index in [2.05, 4.69) is 0 Å². The molecule has 2 aromatic rings. The minimum absolute atomic E-state index is 0.0342. The number of ether oxygens (including phenoxy) is 2. The lowest BCUT2D eigenvalue weighted by Gasteiger charge is -2.32. The molecule has 2 aliphatic heterocycles. The Labute approximate surface area is 163 Å². The molecular weight excluding hydrogens is 363 g/mol. The maximum Gasteiger partial charge on any atom is 0.407 e. The molecule has 1 amide bonds. The Hall–Kier alpha value is -2.12. The number of piperidine rings is 1. The number of hydrogen-bond acceptors (Lipinski definition) is 3. The van der Waals surface area contributed by atoms with Gasteiger partial charge in [-0.1, -0.05) is 12.1 Å². The van der Waals surface area contributed by atoms with Crippen molar-refractivity contribution in [1.82, 2.24) is 9.47 Å². The summed E-state index contributed by atoms with van der Waals surface area (Å²) in [5.41, 5.74) is 2.60. The average Bonchev–Trinajstić information content (AvgIpc) is 3.13. The van der Waals surface area contributed by atoms with Crippen LogP contribution in [-0.4, -0.2) is 52.3 Å². The van der Waals surface area contributed by atoms with Gasteiger partial charge in [-0.15, -0.1) is 0 Å². The molecule has 6 nitrogen and oxygen atoms in total. The molecule has 28 heavy (non-hydrogen) atoms. The molecule has 0 bridgehead atoms. The fourth-order valence-corrected chi connectivity index (χ4v) is 4.70. The number of hydrogen-bond donors (Lipinski definition) is 1. The van der Waals surface area contributed by atoms with E-state index in [4.69, 9.17) is 9.47 Å². The lowest BCUT2D eigenvalue weighted by atomic mass is 9.92. The molecule has 1 aromatic heterocycles. The van der Waals surface area contributed by atoms with Crippen LogP contribution in [0, 0.1) is 12.7 Å². The number of nitrogens with zero attached hydrogens (tertiary/aromatic N) is 2. The van der Waals surface area contributed by atoms with Gasteiger partial charge in [0.1, 0.15) is 11.9 Å². The third kappa shape index (κ3) is 3.37. The number of aromatic nitrogens is 1. The van der Waals surface area contributed by atoms with Gasteiger partial charge >= 0.3 is 6.09 Å². The highest BCUT2D eigenvalue weighted by atomic mass is 19.1. The molecule has 0 spiro atoms. The molecule has 2 saturated heterocycles. The zero-order valence-corrected chi connectivity index (χ0v) is 16.6. The summed E-state index contributed by atoms with van der Waals surface area (Å²) >= 11 is 0. The van der Waals surface area contributed by atoms with Crippen molar-refractivity contribution in [3.05, 3.63) is 35.3 Å². The first-order chi connectivity index (χ1) is 13.3. The first kappa shape index (κ1) is 19.2. The molecule has 1 aromatic carbocycles. The van der Waals surface area contributed by atoms with Gasteiger partial charge in [0, 0.05) is 30.1 Å². The van der Waals surface area contributed by atoms with Crippen LogP contribution in [0.2, 0.25) is 0 Å². The summed E-state index contributed by atoms with van der Waals surface area (Å²) in [5, 5.41) is 10.3. The second-order valence-electron chi connectivity index (χ2n) is 8.28. The fourth-order valence-electron chi connectivity index (χ4n) is 4.70. The minimum Gasteiger partial charge on any atom is -0.465 e. The number of amides is 1. The molecule has 2 fully saturated rings. The van der Waals surface area contributed by atoms with Crippen LogP contribution in [0.5, 0.6) is 0 Å². The molecule has 0 radical (unpaired) electrons. The molecule has 2 aliphatic rings. The molecule has 3 heterocycles. The van der Waals surface area contributed by atoms with Gasteiger partial charge in [-0.25, -0.2) is 9.18 Å². The van der Waals surface area contributed by atoms with E-state index in [0.29, 0.717) is 31.8 Å². The number of rotatable bonds is 3. The monoisotopic (exact) mass is 390 g/mol. The van der Waals surface area contributed by atoms with Crippen LogP contribution in [0.25, 0.3) is 10.9 Å². The van der Waals surface area contributed by atoms with Crippen molar-refractivity contribution in [3.8, 4) is 0 Å². The predicted molar refractivity (Wildman–Crippen MR) is 103 cm³/mol. The van der Waals surface area contributed by atoms with Crippen LogP contribution in [0.3, 0.4) is 0 Å². The van der Waals surface area contributed by atoms with Gasteiger partial charge in [-0.05, 0) is 45.2 Å². The third-order valence-corrected chi connectivity index (χ3v) is 5.87. The van der Waals surface area contributed by atoms with Gasteiger partial charge in [0.15, 0.2) is 5.79 Å². The van der Waals surface area contributed by atoms with E-state index in [0.717, 1.165) is 29.5 Å². The van der Waals surface area contributed by atoms with Crippen LogP contribution in [0.1, 0.15) is 43.9 Å². The highest BCUT2D eigenvalue weighted by molar-refractivity contribution is 5.86. The van der Waals surface area contributed by atoms with E-state index in [9.17, 15) is 14.3 Å². The Morgan fingerprint density at radius 2 is 2.18 bits per heavy atom. The number of para-hydroxylation sites is 1. The zero-order chi connectivity index (χ0) is 20.1. The van der Waals surface area contributed by atoms with Crippen molar-refractivity contribution in [1.29, 1.82) is 0 Å². The largest absolute Gasteiger partial charge is 0.465 e. The first-order valence-electron chi connectivity index (χ1n) is 9.83. The highest BCUT2D eigenvalue weighted by Crippen LogP contribution is 2.37. The number of fused-ring (bicyclic) bond motifs is 1. The smallest absolute Gasteiger partial charge is 0.407 e. The summed E-state index contributed by atoms with van der Waals surface area (Å²) < 4.78 is 28.5. The van der Waals surface area contributed by atoms with Crippen molar-refractivity contribution in [3.63, 3.8) is 0 Å². The van der Waals surface area contributed by atoms with E-state index in [1.54, 1.807) is 6.07 Å². The van der Waals surface area contributed by atoms with Crippen molar-refractivity contribution in [2.45, 2.75) is 58.0 Å². The number of benzene rings is 1. The standard InChI is InChI=1S/C21H27FN2O4/c1-13-16-7-4-8-17(22)19(16)24(11-15-12-27-21(2,3)28-15)18(13)14-6-5-9-23(10-14)20(25)26/h4,7-8,14-15H,5-6,9-12H2,1-3H3,(H,25,26)/t14?,15-/m1/s1. The van der Waals surface area contributed by atoms with Gasteiger partial charge in [0.2, 0.25) is 0 Å². The molecular formula is C21H27FN2O4. The van der Waals surface area contributed by atoms with Gasteiger partial charge in [-0.3, -0.25) is 0 Å². The highest BCUT2D eigenvalue weighted by Gasteiger charge is 2.35. The van der Waals surface area contributed by atoms with Crippen molar-refractivity contribution in [2.24, 2.45) is 0 Å². The van der Waals surface area contributed by atoms with Crippen molar-refractivity contribution >= 4 is 17.0 Å². The summed E-state index contributed by atoms with van der Waals surface area (Å²) in [4.78, 5) is 13.0. The van der Waals surface area contributed by atoms with Gasteiger partial charge in [0.25, 0.3) is 0 Å². The number of carbonyl (C=O) groups is 1. The summed E-state index contributed by atoms with van der Waals surface area (Å²) in [6, 6.07) is 5.13. The molecule has 7 heteroatoms. The average molecular weight is 390 g/mol. The third-order valence-electron chi connectivity index (χ3n) is 5.87. The van der Waals surface area contributed by atoms with Gasteiger partial charge < -0.3 is 24.0 Å². The number of likely N-dealkylation sites (tertiary alicyclic amines) is 1. The Kier molecular flexibility index (Phi) is 4.83. The van der Waals surface area contributed by atoms with E-state index in [1.165, 1.54) is 11.0 Å². The SMILES string of the molecule is Cc1c(C2CCCN(C(=O)O)C2)n(C[C@@H]2COC(C)(C)O2)c2c(F)cccc12. The van der Waals surface area contributed by atoms with E-state index in [-0.39, 0.29) is 17.8 Å². The molecule has 4 rings (SSSR count). The van der Waals surface area contributed by atoms with E-state index < -0.39 is 11.9 Å². The fraction of sp³-hybridized carbons (Fsp3) is 0.571. The van der Waals surface area contributed by atoms with Crippen LogP contribution < -0.4 is 0 Å². The summed E-state index contributed by atoms with van der Waals surface area (Å²) in [5.74, 6) is -0.880. The number of aryl methyl sites for hydroxylation is 1. The molecule has 0 aliphatic carbocycles. The molecule has 1 N–H and O–H groups in total. The second-order valence-corrected chi connectivity index (χ2v) is 8.28. The van der Waals surface area contributed by atoms with Gasteiger partial charge in [0.05, 0.1) is 18.7 Å². The van der Waals surface area contributed by atoms with Crippen LogP contribution in [0.15, 0.2) is 18.2 Å². The van der Waals surface area contributed by atoms with E-state index >= 15 is 0 Å². The number of carboxylic acid groups (broad SMARTS) is 1. The lowest BCUT2D eigenvalue weighted by Crippen LogP contribution is -2.39. The quantitative estimate of drug-likeness (QED) is 0.857. The zero-order valence-electron chi connectivity index (χ0n) is 16.6. The molecule has 0 saturated carbocycles. The normalized spacial score (nSPS) is 24.8. The van der Waals surface area contributed by atoms with Crippen molar-refractivity contribution in [2.75, 3.05) is 19.7 Å². The Bertz CT molecular complexity index is 907. The Morgan fingerprint density at radius 1 is 1.39 bits per heavy atom. The van der Waals surface area contributed by atoms with E-state index in [1.807, 2.05) is 31.4 Å². The topological polar surface area (TPSA) is 63.9 Å². The Balaban J connectivity index is 1.77.